The van der Waals surface area contributed by atoms with Gasteiger partial charge < -0.3 is 19.5 Å². The first-order valence-corrected chi connectivity index (χ1v) is 10.9. The maximum absolute atomic E-state index is 12.9. The van der Waals surface area contributed by atoms with Crippen LogP contribution >= 0.6 is 0 Å². The molecule has 1 atom stereocenters. The van der Waals surface area contributed by atoms with Gasteiger partial charge in [0.2, 0.25) is 6.10 Å². The number of amides is 1. The fraction of sp³-hybridized carbons (Fsp3) is 0.333. The molecule has 2 aliphatic heterocycles. The zero-order valence-electron chi connectivity index (χ0n) is 17.8. The third kappa shape index (κ3) is 4.55. The maximum atomic E-state index is 12.9. The van der Waals surface area contributed by atoms with Crippen molar-refractivity contribution in [3.8, 4) is 28.4 Å². The molecule has 0 unspecified atom stereocenters. The van der Waals surface area contributed by atoms with Crippen LogP contribution in [0.15, 0.2) is 54.9 Å². The Kier molecular flexibility index (Phi) is 5.93. The summed E-state index contributed by atoms with van der Waals surface area (Å²) in [4.78, 5) is 15.3. The molecule has 0 saturated carbocycles. The Labute approximate surface area is 186 Å². The van der Waals surface area contributed by atoms with Gasteiger partial charge in [0.25, 0.3) is 5.91 Å². The van der Waals surface area contributed by atoms with E-state index in [4.69, 9.17) is 14.2 Å². The van der Waals surface area contributed by atoms with Gasteiger partial charge in [0.05, 0.1) is 11.9 Å². The highest BCUT2D eigenvalue weighted by Crippen LogP contribution is 2.33. The topological polar surface area (TPSA) is 88.7 Å². The molecule has 2 aliphatic rings. The van der Waals surface area contributed by atoms with Crippen LogP contribution in [0.4, 0.5) is 5.69 Å². The minimum Gasteiger partial charge on any atom is -0.490 e. The predicted octanol–water partition coefficient (Wildman–Crippen LogP) is 3.33. The molecule has 8 heteroatoms. The number of nitrogens with zero attached hydrogens (tertiary/aromatic N) is 2. The van der Waals surface area contributed by atoms with Crippen LogP contribution in [0.2, 0.25) is 0 Å². The number of likely N-dealkylation sites (tertiary alicyclic amines) is 1. The van der Waals surface area contributed by atoms with Crippen molar-refractivity contribution in [1.29, 1.82) is 0 Å². The van der Waals surface area contributed by atoms with Crippen molar-refractivity contribution in [2.75, 3.05) is 38.2 Å². The van der Waals surface area contributed by atoms with Gasteiger partial charge in [-0.25, -0.2) is 0 Å². The second-order valence-electron chi connectivity index (χ2n) is 7.95. The molecule has 0 radical (unpaired) electrons. The number of ether oxygens (including phenoxy) is 3. The van der Waals surface area contributed by atoms with Gasteiger partial charge in [-0.15, -0.1) is 0 Å². The average Bonchev–Trinajstić information content (AvgIpc) is 3.54. The fourth-order valence-corrected chi connectivity index (χ4v) is 3.99. The lowest BCUT2D eigenvalue weighted by Crippen LogP contribution is -2.40. The van der Waals surface area contributed by atoms with E-state index < -0.39 is 6.10 Å². The second kappa shape index (κ2) is 9.32. The number of hydrogen-bond acceptors (Lipinski definition) is 6. The van der Waals surface area contributed by atoms with E-state index in [9.17, 15) is 4.79 Å². The highest BCUT2D eigenvalue weighted by atomic mass is 16.6. The lowest BCUT2D eigenvalue weighted by molar-refractivity contribution is -0.125. The van der Waals surface area contributed by atoms with Crippen molar-refractivity contribution in [1.82, 2.24) is 15.1 Å². The summed E-state index contributed by atoms with van der Waals surface area (Å²) in [5.41, 5.74) is 2.51. The largest absolute Gasteiger partial charge is 0.490 e. The summed E-state index contributed by atoms with van der Waals surface area (Å²) in [6.45, 7) is 3.79. The molecule has 1 amide bonds. The summed E-state index contributed by atoms with van der Waals surface area (Å²) < 4.78 is 17.6. The molecule has 1 fully saturated rings. The van der Waals surface area contributed by atoms with Crippen LogP contribution in [-0.2, 0) is 4.79 Å². The third-order valence-electron chi connectivity index (χ3n) is 5.74. The molecule has 32 heavy (non-hydrogen) atoms. The summed E-state index contributed by atoms with van der Waals surface area (Å²) in [5.74, 6) is 1.55. The van der Waals surface area contributed by atoms with Crippen LogP contribution in [0.1, 0.15) is 12.8 Å². The SMILES string of the molecule is O=C(Nc1ccc(-c2cn[nH]c2)cc1OCCN1CCCC1)[C@H]1COc2ccccc2O1. The number of aromatic amines is 1. The Morgan fingerprint density at radius 2 is 2.00 bits per heavy atom. The number of para-hydroxylation sites is 2. The van der Waals surface area contributed by atoms with Crippen molar-refractivity contribution in [3.05, 3.63) is 54.9 Å². The van der Waals surface area contributed by atoms with Gasteiger partial charge in [-0.1, -0.05) is 18.2 Å². The molecule has 2 N–H and O–H groups in total. The number of aromatic nitrogens is 2. The number of hydrogen-bond donors (Lipinski definition) is 2. The van der Waals surface area contributed by atoms with Crippen LogP contribution in [0.3, 0.4) is 0 Å². The van der Waals surface area contributed by atoms with Gasteiger partial charge in [0.15, 0.2) is 11.5 Å². The lowest BCUT2D eigenvalue weighted by atomic mass is 10.1. The normalized spacial score (nSPS) is 17.8. The molecule has 5 rings (SSSR count). The Balaban J connectivity index is 1.30. The van der Waals surface area contributed by atoms with E-state index in [1.807, 2.05) is 42.6 Å². The van der Waals surface area contributed by atoms with Crippen LogP contribution in [-0.4, -0.2) is 60.0 Å². The Bertz CT molecular complexity index is 1060. The number of H-pyrrole nitrogens is 1. The molecule has 8 nitrogen and oxygen atoms in total. The molecular formula is C24H26N4O4. The number of carbonyl (C=O) groups is 1. The van der Waals surface area contributed by atoms with E-state index in [-0.39, 0.29) is 12.5 Å². The van der Waals surface area contributed by atoms with Gasteiger partial charge in [-0.05, 0) is 55.8 Å². The molecular weight excluding hydrogens is 408 g/mol. The fourth-order valence-electron chi connectivity index (χ4n) is 3.99. The summed E-state index contributed by atoms with van der Waals surface area (Å²) >= 11 is 0. The first-order valence-electron chi connectivity index (χ1n) is 10.9. The Morgan fingerprint density at radius 1 is 1.16 bits per heavy atom. The minimum absolute atomic E-state index is 0.154. The molecule has 2 aromatic carbocycles. The second-order valence-corrected chi connectivity index (χ2v) is 7.95. The smallest absolute Gasteiger partial charge is 0.269 e. The Morgan fingerprint density at radius 3 is 2.81 bits per heavy atom. The lowest BCUT2D eigenvalue weighted by Gasteiger charge is -2.26. The number of rotatable bonds is 7. The number of fused-ring (bicyclic) bond motifs is 1. The van der Waals surface area contributed by atoms with Crippen molar-refractivity contribution in [2.24, 2.45) is 0 Å². The minimum atomic E-state index is -0.740. The van der Waals surface area contributed by atoms with Gasteiger partial charge >= 0.3 is 0 Å². The van der Waals surface area contributed by atoms with E-state index in [1.165, 1.54) is 12.8 Å². The van der Waals surface area contributed by atoms with E-state index in [2.05, 4.69) is 20.4 Å². The average molecular weight is 434 g/mol. The molecule has 1 saturated heterocycles. The molecule has 3 heterocycles. The van der Waals surface area contributed by atoms with E-state index >= 15 is 0 Å². The Hall–Kier alpha value is -3.52. The summed E-state index contributed by atoms with van der Waals surface area (Å²) in [5, 5.41) is 9.80. The first kappa shape index (κ1) is 20.4. The van der Waals surface area contributed by atoms with Crippen LogP contribution in [0, 0.1) is 0 Å². The highest BCUT2D eigenvalue weighted by Gasteiger charge is 2.28. The number of carbonyl (C=O) groups excluding carboxylic acids is 1. The zero-order chi connectivity index (χ0) is 21.8. The number of nitrogens with one attached hydrogen (secondary N) is 2. The monoisotopic (exact) mass is 434 g/mol. The standard InChI is InChI=1S/C24H26N4O4/c29-24(23-16-31-20-5-1-2-6-21(20)32-23)27-19-8-7-17(18-14-25-26-15-18)13-22(19)30-12-11-28-9-3-4-10-28/h1-2,5-8,13-15,23H,3-4,9-12,16H2,(H,25,26)(H,27,29)/t23-/m1/s1. The summed E-state index contributed by atoms with van der Waals surface area (Å²) in [6.07, 6.45) is 5.32. The molecule has 0 bridgehead atoms. The van der Waals surface area contributed by atoms with Crippen molar-refractivity contribution < 1.29 is 19.0 Å². The van der Waals surface area contributed by atoms with E-state index in [0.717, 1.165) is 30.8 Å². The van der Waals surface area contributed by atoms with Crippen LogP contribution < -0.4 is 19.5 Å². The third-order valence-corrected chi connectivity index (χ3v) is 5.74. The van der Waals surface area contributed by atoms with Gasteiger partial charge in [0, 0.05) is 18.3 Å². The molecule has 0 spiro atoms. The van der Waals surface area contributed by atoms with Crippen LogP contribution in [0.25, 0.3) is 11.1 Å². The summed E-state index contributed by atoms with van der Waals surface area (Å²) in [7, 11) is 0. The summed E-state index contributed by atoms with van der Waals surface area (Å²) in [6, 6.07) is 13.0. The molecule has 166 valence electrons. The van der Waals surface area contributed by atoms with Crippen molar-refractivity contribution in [2.45, 2.75) is 18.9 Å². The van der Waals surface area contributed by atoms with Gasteiger partial charge in [-0.3, -0.25) is 14.8 Å². The van der Waals surface area contributed by atoms with Gasteiger partial charge in [0.1, 0.15) is 19.0 Å². The zero-order valence-corrected chi connectivity index (χ0v) is 17.8. The maximum Gasteiger partial charge on any atom is 0.269 e. The number of benzene rings is 2. The van der Waals surface area contributed by atoms with Gasteiger partial charge in [-0.2, -0.15) is 5.10 Å². The first-order chi connectivity index (χ1) is 15.8. The molecule has 0 aliphatic carbocycles. The van der Waals surface area contributed by atoms with Crippen molar-refractivity contribution >= 4 is 11.6 Å². The van der Waals surface area contributed by atoms with Crippen LogP contribution in [0.5, 0.6) is 17.2 Å². The van der Waals surface area contributed by atoms with E-state index in [0.29, 0.717) is 29.5 Å². The predicted molar refractivity (Wildman–Crippen MR) is 120 cm³/mol. The van der Waals surface area contributed by atoms with Crippen molar-refractivity contribution in [3.63, 3.8) is 0 Å². The highest BCUT2D eigenvalue weighted by molar-refractivity contribution is 5.96. The molecule has 1 aromatic heterocycles. The number of anilines is 1. The van der Waals surface area contributed by atoms with E-state index in [1.54, 1.807) is 12.3 Å². The quantitative estimate of drug-likeness (QED) is 0.593. The molecule has 3 aromatic rings.